The molecule has 2 amide bonds. The van der Waals surface area contributed by atoms with Gasteiger partial charge in [-0.25, -0.2) is 0 Å². The number of carbonyl (C=O) groups is 2. The lowest BCUT2D eigenvalue weighted by atomic mass is 10.0. The van der Waals surface area contributed by atoms with Gasteiger partial charge in [0.05, 0.1) is 25.6 Å². The number of hydrogen-bond acceptors (Lipinski definition) is 8. The van der Waals surface area contributed by atoms with E-state index in [-0.39, 0.29) is 41.2 Å². The highest BCUT2D eigenvalue weighted by Gasteiger charge is 2.46. The molecule has 140 valence electrons. The first-order chi connectivity index (χ1) is 13.2. The Morgan fingerprint density at radius 3 is 3.04 bits per heavy atom. The van der Waals surface area contributed by atoms with Crippen molar-refractivity contribution in [3.63, 3.8) is 0 Å². The van der Waals surface area contributed by atoms with Crippen molar-refractivity contribution in [3.05, 3.63) is 41.9 Å². The number of nitrogens with zero attached hydrogens (tertiary/aromatic N) is 4. The summed E-state index contributed by atoms with van der Waals surface area (Å²) in [6, 6.07) is 5.09. The van der Waals surface area contributed by atoms with Crippen LogP contribution in [-0.2, 0) is 16.2 Å². The Labute approximate surface area is 154 Å². The summed E-state index contributed by atoms with van der Waals surface area (Å²) in [5, 5.41) is 10.3. The summed E-state index contributed by atoms with van der Waals surface area (Å²) in [4.78, 5) is 35.9. The number of methoxy groups -OCH3 is 1. The average molecular weight is 371 g/mol. The van der Waals surface area contributed by atoms with Crippen molar-refractivity contribution in [2.24, 2.45) is 11.1 Å². The molecule has 0 spiro atoms. The number of aromatic nitrogens is 2. The van der Waals surface area contributed by atoms with E-state index in [0.717, 1.165) is 5.56 Å². The van der Waals surface area contributed by atoms with Gasteiger partial charge in [-0.3, -0.25) is 14.6 Å². The second-order valence-corrected chi connectivity index (χ2v) is 6.21. The van der Waals surface area contributed by atoms with E-state index >= 15 is 0 Å². The van der Waals surface area contributed by atoms with Crippen LogP contribution >= 0.6 is 0 Å². The maximum atomic E-state index is 12.5. The van der Waals surface area contributed by atoms with E-state index in [1.807, 2.05) is 6.07 Å². The van der Waals surface area contributed by atoms with Crippen molar-refractivity contribution in [1.82, 2.24) is 20.4 Å². The van der Waals surface area contributed by atoms with E-state index in [1.165, 1.54) is 13.2 Å². The third kappa shape index (κ3) is 3.33. The molecule has 4 rings (SSSR count). The monoisotopic (exact) mass is 371 g/mol. The molecule has 1 fully saturated rings. The van der Waals surface area contributed by atoms with E-state index in [0.29, 0.717) is 19.6 Å². The van der Waals surface area contributed by atoms with Crippen LogP contribution in [0.1, 0.15) is 16.1 Å². The fraction of sp³-hybridized carbons (Fsp3) is 0.353. The second kappa shape index (κ2) is 7.06. The molecule has 0 aliphatic carbocycles. The summed E-state index contributed by atoms with van der Waals surface area (Å²) in [5.74, 6) is -0.633. The third-order valence-corrected chi connectivity index (χ3v) is 4.51. The topological polar surface area (TPSA) is 119 Å². The smallest absolute Gasteiger partial charge is 0.292 e. The van der Waals surface area contributed by atoms with Crippen molar-refractivity contribution in [2.45, 2.75) is 12.6 Å². The van der Waals surface area contributed by atoms with E-state index in [4.69, 9.17) is 14.1 Å². The van der Waals surface area contributed by atoms with E-state index in [9.17, 15) is 9.59 Å². The lowest BCUT2D eigenvalue weighted by Gasteiger charge is -2.14. The highest BCUT2D eigenvalue weighted by atomic mass is 16.6. The van der Waals surface area contributed by atoms with Crippen molar-refractivity contribution in [2.75, 3.05) is 20.2 Å². The van der Waals surface area contributed by atoms with Crippen LogP contribution in [0.4, 0.5) is 0 Å². The standard InChI is InChI=1S/C17H17N5O5/c1-25-14-5-12(26-20-14)17(24)22-8-11-13(9-22)27-21-15(11)16(23)19-7-10-3-2-4-18-6-10/h2-6,11,13H,7-9H2,1H3,(H,19,23)/t11-,13+/m0/s1. The Hall–Kier alpha value is -3.43. The number of nitrogens with one attached hydrogen (secondary N) is 1. The number of carbonyl (C=O) groups excluding carboxylic acids is 2. The zero-order valence-electron chi connectivity index (χ0n) is 14.5. The summed E-state index contributed by atoms with van der Waals surface area (Å²) >= 11 is 0. The van der Waals surface area contributed by atoms with Gasteiger partial charge < -0.3 is 24.3 Å². The van der Waals surface area contributed by atoms with E-state index in [1.54, 1.807) is 23.4 Å². The zero-order chi connectivity index (χ0) is 18.8. The second-order valence-electron chi connectivity index (χ2n) is 6.21. The minimum Gasteiger partial charge on any atom is -0.479 e. The Kier molecular flexibility index (Phi) is 4.45. The zero-order valence-corrected chi connectivity index (χ0v) is 14.5. The quantitative estimate of drug-likeness (QED) is 0.798. The van der Waals surface area contributed by atoms with Crippen molar-refractivity contribution in [1.29, 1.82) is 0 Å². The Balaban J connectivity index is 1.37. The van der Waals surface area contributed by atoms with Crippen LogP contribution in [0.15, 0.2) is 40.3 Å². The van der Waals surface area contributed by atoms with Gasteiger partial charge in [-0.05, 0) is 16.8 Å². The average Bonchev–Trinajstić information content (AvgIpc) is 3.41. The molecule has 4 heterocycles. The number of ether oxygens (including phenoxy) is 1. The molecule has 10 heteroatoms. The normalized spacial score (nSPS) is 20.6. The largest absolute Gasteiger partial charge is 0.479 e. The van der Waals surface area contributed by atoms with Crippen LogP contribution in [-0.4, -0.2) is 58.9 Å². The van der Waals surface area contributed by atoms with Gasteiger partial charge in [-0.2, -0.15) is 0 Å². The third-order valence-electron chi connectivity index (χ3n) is 4.51. The molecule has 2 atom stereocenters. The lowest BCUT2D eigenvalue weighted by molar-refractivity contribution is -0.115. The van der Waals surface area contributed by atoms with Crippen LogP contribution in [0.5, 0.6) is 5.88 Å². The van der Waals surface area contributed by atoms with Crippen molar-refractivity contribution in [3.8, 4) is 5.88 Å². The minimum atomic E-state index is -0.349. The molecule has 0 saturated carbocycles. The van der Waals surface area contributed by atoms with Gasteiger partial charge in [-0.15, -0.1) is 0 Å². The molecule has 2 aliphatic rings. The van der Waals surface area contributed by atoms with Gasteiger partial charge in [0, 0.05) is 25.5 Å². The molecular weight excluding hydrogens is 354 g/mol. The fourth-order valence-corrected chi connectivity index (χ4v) is 3.10. The molecule has 0 aromatic carbocycles. The molecular formula is C17H17N5O5. The van der Waals surface area contributed by atoms with Gasteiger partial charge in [0.1, 0.15) is 0 Å². The van der Waals surface area contributed by atoms with Crippen molar-refractivity contribution < 1.29 is 23.7 Å². The maximum absolute atomic E-state index is 12.5. The van der Waals surface area contributed by atoms with E-state index < -0.39 is 0 Å². The van der Waals surface area contributed by atoms with Crippen LogP contribution in [0.25, 0.3) is 0 Å². The maximum Gasteiger partial charge on any atom is 0.292 e. The number of pyridine rings is 1. The summed E-state index contributed by atoms with van der Waals surface area (Å²) in [6.07, 6.45) is 2.99. The first-order valence-corrected chi connectivity index (χ1v) is 8.36. The fourth-order valence-electron chi connectivity index (χ4n) is 3.10. The number of likely N-dealkylation sites (tertiary alicyclic amines) is 1. The predicted molar refractivity (Wildman–Crippen MR) is 90.8 cm³/mol. The molecule has 0 bridgehead atoms. The van der Waals surface area contributed by atoms with Crippen molar-refractivity contribution >= 4 is 17.5 Å². The Bertz CT molecular complexity index is 881. The first kappa shape index (κ1) is 17.0. The SMILES string of the molecule is COc1cc(C(=O)N2C[C@@H]3C(C(=O)NCc4cccnc4)=NO[C@@H]3C2)on1. The highest BCUT2D eigenvalue weighted by Crippen LogP contribution is 2.28. The molecule has 1 N–H and O–H groups in total. The van der Waals surface area contributed by atoms with Gasteiger partial charge in [0.25, 0.3) is 17.7 Å². The molecule has 0 radical (unpaired) electrons. The number of fused-ring (bicyclic) bond motifs is 1. The number of hydrogen-bond donors (Lipinski definition) is 1. The predicted octanol–water partition coefficient (Wildman–Crippen LogP) is 0.221. The highest BCUT2D eigenvalue weighted by molar-refractivity contribution is 6.40. The van der Waals surface area contributed by atoms with Crippen LogP contribution < -0.4 is 10.1 Å². The minimum absolute atomic E-state index is 0.0753. The molecule has 0 unspecified atom stereocenters. The summed E-state index contributed by atoms with van der Waals surface area (Å²) in [7, 11) is 1.44. The molecule has 2 aliphatic heterocycles. The molecule has 10 nitrogen and oxygen atoms in total. The van der Waals surface area contributed by atoms with Gasteiger partial charge in [-0.1, -0.05) is 11.2 Å². The van der Waals surface area contributed by atoms with E-state index in [2.05, 4.69) is 20.6 Å². The van der Waals surface area contributed by atoms with Crippen LogP contribution in [0.3, 0.4) is 0 Å². The van der Waals surface area contributed by atoms with Crippen LogP contribution in [0, 0.1) is 5.92 Å². The first-order valence-electron chi connectivity index (χ1n) is 8.36. The Morgan fingerprint density at radius 1 is 1.41 bits per heavy atom. The molecule has 2 aromatic rings. The summed E-state index contributed by atoms with van der Waals surface area (Å²) < 4.78 is 9.91. The number of rotatable bonds is 5. The molecule has 2 aromatic heterocycles. The number of oxime groups is 1. The Morgan fingerprint density at radius 2 is 2.30 bits per heavy atom. The van der Waals surface area contributed by atoms with Gasteiger partial charge >= 0.3 is 0 Å². The van der Waals surface area contributed by atoms with Gasteiger partial charge in [0.2, 0.25) is 5.76 Å². The lowest BCUT2D eigenvalue weighted by Crippen LogP contribution is -2.37. The van der Waals surface area contributed by atoms with Crippen LogP contribution in [0.2, 0.25) is 0 Å². The summed E-state index contributed by atoms with van der Waals surface area (Å²) in [6.45, 7) is 0.963. The molecule has 27 heavy (non-hydrogen) atoms. The van der Waals surface area contributed by atoms with Gasteiger partial charge in [0.15, 0.2) is 11.8 Å². The summed E-state index contributed by atoms with van der Waals surface area (Å²) in [5.41, 5.74) is 1.17. The molecule has 1 saturated heterocycles. The number of amides is 2.